The maximum atomic E-state index is 12.6. The van der Waals surface area contributed by atoms with Gasteiger partial charge in [0.05, 0.1) is 0 Å². The van der Waals surface area contributed by atoms with Crippen molar-refractivity contribution in [3.05, 3.63) is 63.8 Å². The number of nitrogens with zero attached hydrogens (tertiary/aromatic N) is 3. The molecule has 1 aliphatic rings. The molecule has 1 unspecified atom stereocenters. The zero-order valence-electron chi connectivity index (χ0n) is 17.1. The van der Waals surface area contributed by atoms with Crippen molar-refractivity contribution in [2.24, 2.45) is 5.92 Å². The first-order chi connectivity index (χ1) is 14.0. The van der Waals surface area contributed by atoms with Gasteiger partial charge in [0.15, 0.2) is 0 Å². The summed E-state index contributed by atoms with van der Waals surface area (Å²) < 4.78 is 1.55. The molecule has 0 bridgehead atoms. The standard InChI is InChI=1S/C22H28N4O3/c1-3-16(2)22(29)24-14-17-12-18-15-26(10-7-19(18)23-13-17)21(28)8-11-25-9-5-4-6-20(25)27/h4-6,9,12-13,16H,3,7-8,10-11,14-15H2,1-2H3,(H,24,29). The Morgan fingerprint density at radius 1 is 1.31 bits per heavy atom. The van der Waals surface area contributed by atoms with E-state index >= 15 is 0 Å². The molecule has 0 saturated heterocycles. The number of rotatable bonds is 7. The van der Waals surface area contributed by atoms with Gasteiger partial charge in [0.25, 0.3) is 5.56 Å². The number of nitrogens with one attached hydrogen (secondary N) is 1. The normalized spacial score (nSPS) is 14.2. The average molecular weight is 396 g/mol. The summed E-state index contributed by atoms with van der Waals surface area (Å²) in [6.07, 6.45) is 5.31. The number of aryl methyl sites for hydroxylation is 1. The Kier molecular flexibility index (Phi) is 6.80. The van der Waals surface area contributed by atoms with E-state index in [9.17, 15) is 14.4 Å². The van der Waals surface area contributed by atoms with E-state index in [0.717, 1.165) is 23.2 Å². The van der Waals surface area contributed by atoms with Crippen molar-refractivity contribution in [1.29, 1.82) is 0 Å². The van der Waals surface area contributed by atoms with Crippen LogP contribution < -0.4 is 10.9 Å². The Balaban J connectivity index is 1.59. The molecule has 0 fully saturated rings. The van der Waals surface area contributed by atoms with Crippen molar-refractivity contribution < 1.29 is 9.59 Å². The molecule has 7 heteroatoms. The highest BCUT2D eigenvalue weighted by Crippen LogP contribution is 2.19. The number of hydrogen-bond acceptors (Lipinski definition) is 4. The minimum absolute atomic E-state index is 0.00850. The predicted molar refractivity (Wildman–Crippen MR) is 110 cm³/mol. The quantitative estimate of drug-likeness (QED) is 0.775. The molecule has 29 heavy (non-hydrogen) atoms. The lowest BCUT2D eigenvalue weighted by atomic mass is 10.0. The highest BCUT2D eigenvalue weighted by Gasteiger charge is 2.22. The fraction of sp³-hybridized carbons (Fsp3) is 0.455. The lowest BCUT2D eigenvalue weighted by Crippen LogP contribution is -2.37. The van der Waals surface area contributed by atoms with Crippen LogP contribution in [0.5, 0.6) is 0 Å². The fourth-order valence-electron chi connectivity index (χ4n) is 3.35. The molecule has 2 aromatic rings. The first-order valence-electron chi connectivity index (χ1n) is 10.2. The third-order valence-electron chi connectivity index (χ3n) is 5.44. The van der Waals surface area contributed by atoms with Crippen LogP contribution in [-0.2, 0) is 35.6 Å². The van der Waals surface area contributed by atoms with Crippen molar-refractivity contribution in [2.75, 3.05) is 6.54 Å². The summed E-state index contributed by atoms with van der Waals surface area (Å²) in [5, 5.41) is 2.94. The average Bonchev–Trinajstić information content (AvgIpc) is 2.75. The van der Waals surface area contributed by atoms with Gasteiger partial charge in [0, 0.05) is 69.1 Å². The van der Waals surface area contributed by atoms with Gasteiger partial charge in [-0.05, 0) is 29.7 Å². The van der Waals surface area contributed by atoms with Crippen LogP contribution in [0.15, 0.2) is 41.5 Å². The van der Waals surface area contributed by atoms with E-state index in [1.165, 1.54) is 6.07 Å². The number of carbonyl (C=O) groups excluding carboxylic acids is 2. The first kappa shape index (κ1) is 20.8. The van der Waals surface area contributed by atoms with Gasteiger partial charge >= 0.3 is 0 Å². The molecule has 154 valence electrons. The fourth-order valence-corrected chi connectivity index (χ4v) is 3.35. The minimum atomic E-state index is -0.0995. The molecular formula is C22H28N4O3. The number of fused-ring (bicyclic) bond motifs is 1. The summed E-state index contributed by atoms with van der Waals surface area (Å²) in [5.41, 5.74) is 2.87. The molecule has 1 aliphatic heterocycles. The van der Waals surface area contributed by atoms with Crippen molar-refractivity contribution in [3.8, 4) is 0 Å². The van der Waals surface area contributed by atoms with Crippen molar-refractivity contribution in [2.45, 2.75) is 52.7 Å². The Hall–Kier alpha value is -2.96. The summed E-state index contributed by atoms with van der Waals surface area (Å²) in [4.78, 5) is 42.7. The predicted octanol–water partition coefficient (Wildman–Crippen LogP) is 1.88. The molecule has 3 rings (SSSR count). The number of amides is 2. The third kappa shape index (κ3) is 5.31. The monoisotopic (exact) mass is 396 g/mol. The zero-order chi connectivity index (χ0) is 20.8. The molecule has 0 spiro atoms. The van der Waals surface area contributed by atoms with Crippen LogP contribution in [0.4, 0.5) is 0 Å². The summed E-state index contributed by atoms with van der Waals surface area (Å²) in [6, 6.07) is 7.00. The van der Waals surface area contributed by atoms with E-state index in [1.807, 2.05) is 24.8 Å². The Morgan fingerprint density at radius 2 is 2.14 bits per heavy atom. The molecule has 2 aromatic heterocycles. The topological polar surface area (TPSA) is 84.3 Å². The van der Waals surface area contributed by atoms with Gasteiger partial charge in [-0.15, -0.1) is 0 Å². The summed E-state index contributed by atoms with van der Waals surface area (Å²) in [7, 11) is 0. The molecule has 1 atom stereocenters. The van der Waals surface area contributed by atoms with Gasteiger partial charge in [-0.2, -0.15) is 0 Å². The SMILES string of the molecule is CCC(C)C(=O)NCc1cnc2c(c1)CN(C(=O)CCn1ccccc1=O)CC2. The van der Waals surface area contributed by atoms with Gasteiger partial charge in [-0.25, -0.2) is 0 Å². The maximum absolute atomic E-state index is 12.6. The summed E-state index contributed by atoms with van der Waals surface area (Å²) >= 11 is 0. The van der Waals surface area contributed by atoms with E-state index in [-0.39, 0.29) is 29.7 Å². The lowest BCUT2D eigenvalue weighted by Gasteiger charge is -2.28. The van der Waals surface area contributed by atoms with E-state index in [1.54, 1.807) is 29.1 Å². The van der Waals surface area contributed by atoms with Crippen LogP contribution >= 0.6 is 0 Å². The van der Waals surface area contributed by atoms with Gasteiger partial charge in [-0.3, -0.25) is 19.4 Å². The highest BCUT2D eigenvalue weighted by atomic mass is 16.2. The molecule has 7 nitrogen and oxygen atoms in total. The van der Waals surface area contributed by atoms with Crippen LogP contribution in [0, 0.1) is 5.92 Å². The Labute approximate surface area is 170 Å². The van der Waals surface area contributed by atoms with Crippen molar-refractivity contribution in [3.63, 3.8) is 0 Å². The highest BCUT2D eigenvalue weighted by molar-refractivity contribution is 5.78. The zero-order valence-corrected chi connectivity index (χ0v) is 17.1. The van der Waals surface area contributed by atoms with Gasteiger partial charge in [0.1, 0.15) is 0 Å². The number of carbonyl (C=O) groups is 2. The number of hydrogen-bond donors (Lipinski definition) is 1. The van der Waals surface area contributed by atoms with E-state index < -0.39 is 0 Å². The molecule has 0 aromatic carbocycles. The Bertz CT molecular complexity index is 938. The van der Waals surface area contributed by atoms with Crippen LogP contribution in [0.25, 0.3) is 0 Å². The number of aromatic nitrogens is 2. The van der Waals surface area contributed by atoms with E-state index in [2.05, 4.69) is 10.3 Å². The van der Waals surface area contributed by atoms with Crippen molar-refractivity contribution in [1.82, 2.24) is 19.8 Å². The van der Waals surface area contributed by atoms with Crippen LogP contribution in [-0.4, -0.2) is 32.8 Å². The lowest BCUT2D eigenvalue weighted by molar-refractivity contribution is -0.132. The van der Waals surface area contributed by atoms with E-state index in [0.29, 0.717) is 32.6 Å². The molecule has 3 heterocycles. The maximum Gasteiger partial charge on any atom is 0.250 e. The first-order valence-corrected chi connectivity index (χ1v) is 10.2. The van der Waals surface area contributed by atoms with Gasteiger partial charge in [0.2, 0.25) is 11.8 Å². The largest absolute Gasteiger partial charge is 0.352 e. The minimum Gasteiger partial charge on any atom is -0.352 e. The van der Waals surface area contributed by atoms with Crippen LogP contribution in [0.1, 0.15) is 43.5 Å². The van der Waals surface area contributed by atoms with Crippen molar-refractivity contribution >= 4 is 11.8 Å². The molecule has 2 amide bonds. The Morgan fingerprint density at radius 3 is 2.90 bits per heavy atom. The van der Waals surface area contributed by atoms with E-state index in [4.69, 9.17) is 0 Å². The second kappa shape index (κ2) is 9.49. The van der Waals surface area contributed by atoms with Crippen LogP contribution in [0.2, 0.25) is 0 Å². The van der Waals surface area contributed by atoms with Gasteiger partial charge < -0.3 is 14.8 Å². The summed E-state index contributed by atoms with van der Waals surface area (Å²) in [5.74, 6) is 0.0610. The molecular weight excluding hydrogens is 368 g/mol. The molecule has 0 radical (unpaired) electrons. The number of pyridine rings is 2. The second-order valence-electron chi connectivity index (χ2n) is 7.52. The smallest absolute Gasteiger partial charge is 0.250 e. The molecule has 1 N–H and O–H groups in total. The van der Waals surface area contributed by atoms with Gasteiger partial charge in [-0.1, -0.05) is 19.9 Å². The second-order valence-corrected chi connectivity index (χ2v) is 7.52. The summed E-state index contributed by atoms with van der Waals surface area (Å²) in [6.45, 7) is 5.86. The third-order valence-corrected chi connectivity index (χ3v) is 5.44. The molecule has 0 aliphatic carbocycles. The molecule has 0 saturated carbocycles. The van der Waals surface area contributed by atoms with Crippen LogP contribution in [0.3, 0.4) is 0 Å².